The minimum Gasteiger partial charge on any atom is -0.468 e. The van der Waals surface area contributed by atoms with Crippen LogP contribution in [-0.2, 0) is 21.8 Å². The number of amides is 1. The van der Waals surface area contributed by atoms with Gasteiger partial charge in [0.05, 0.1) is 33.2 Å². The van der Waals surface area contributed by atoms with E-state index in [-0.39, 0.29) is 5.69 Å². The summed E-state index contributed by atoms with van der Waals surface area (Å²) in [5.41, 5.74) is -1.31. The molecule has 0 bridgehead atoms. The number of carbonyl (C=O) groups excluding carboxylic acids is 1. The summed E-state index contributed by atoms with van der Waals surface area (Å²) >= 11 is 0. The average molecular weight is 331 g/mol. The first kappa shape index (κ1) is 16.3. The third-order valence-corrected chi connectivity index (χ3v) is 4.26. The van der Waals surface area contributed by atoms with E-state index in [9.17, 15) is 22.2 Å². The zero-order chi connectivity index (χ0) is 16.3. The fourth-order valence-electron chi connectivity index (χ4n) is 1.83. The van der Waals surface area contributed by atoms with Crippen LogP contribution >= 0.6 is 0 Å². The Bertz CT molecular complexity index is 709. The molecule has 0 aliphatic rings. The number of benzene rings is 1. The predicted molar refractivity (Wildman–Crippen MR) is 74.8 cm³/mol. The minimum atomic E-state index is -4.58. The molecular formula is C14H12F3NO3S. The van der Waals surface area contributed by atoms with Crippen LogP contribution in [0, 0.1) is 6.92 Å². The lowest BCUT2D eigenvalue weighted by atomic mass is 10.1. The van der Waals surface area contributed by atoms with Crippen molar-refractivity contribution in [2.45, 2.75) is 18.0 Å². The predicted octanol–water partition coefficient (Wildman–Crippen LogP) is 3.35. The van der Waals surface area contributed by atoms with Crippen molar-refractivity contribution in [2.24, 2.45) is 0 Å². The molecule has 1 N–H and O–H groups in total. The summed E-state index contributed by atoms with van der Waals surface area (Å²) < 4.78 is 55.4. The molecule has 1 atom stereocenters. The number of furan rings is 1. The molecule has 0 spiro atoms. The Labute approximate surface area is 126 Å². The molecule has 4 nitrogen and oxygen atoms in total. The van der Waals surface area contributed by atoms with E-state index >= 15 is 0 Å². The van der Waals surface area contributed by atoms with Gasteiger partial charge in [-0.3, -0.25) is 9.00 Å². The number of hydrogen-bond donors (Lipinski definition) is 1. The summed E-state index contributed by atoms with van der Waals surface area (Å²) in [6.45, 7) is 1.59. The molecule has 1 aromatic carbocycles. The lowest BCUT2D eigenvalue weighted by Crippen LogP contribution is -2.21. The molecule has 0 fully saturated rings. The molecular weight excluding hydrogens is 319 g/mol. The number of hydrogen-bond acceptors (Lipinski definition) is 3. The first-order valence-electron chi connectivity index (χ1n) is 6.17. The largest absolute Gasteiger partial charge is 0.468 e. The Hall–Kier alpha value is -2.09. The lowest BCUT2D eigenvalue weighted by Gasteiger charge is -2.13. The van der Waals surface area contributed by atoms with Crippen molar-refractivity contribution >= 4 is 22.4 Å². The zero-order valence-electron chi connectivity index (χ0n) is 11.4. The monoisotopic (exact) mass is 331 g/mol. The van der Waals surface area contributed by atoms with Gasteiger partial charge in [-0.15, -0.1) is 0 Å². The third-order valence-electron chi connectivity index (χ3n) is 2.83. The number of carbonyl (C=O) groups is 1. The highest BCUT2D eigenvalue weighted by atomic mass is 32.2. The molecule has 2 rings (SSSR count). The van der Waals surface area contributed by atoms with E-state index in [1.807, 2.05) is 0 Å². The van der Waals surface area contributed by atoms with Gasteiger partial charge in [-0.25, -0.2) is 0 Å². The highest BCUT2D eigenvalue weighted by molar-refractivity contribution is 7.85. The van der Waals surface area contributed by atoms with Crippen molar-refractivity contribution < 1.29 is 26.6 Å². The van der Waals surface area contributed by atoms with Gasteiger partial charge in [-0.2, -0.15) is 13.2 Å². The maximum atomic E-state index is 12.8. The smallest absolute Gasteiger partial charge is 0.418 e. The molecule has 0 radical (unpaired) electrons. The van der Waals surface area contributed by atoms with Crippen molar-refractivity contribution in [3.05, 3.63) is 47.9 Å². The molecule has 118 valence electrons. The van der Waals surface area contributed by atoms with Crippen molar-refractivity contribution in [2.75, 3.05) is 11.1 Å². The molecule has 8 heteroatoms. The van der Waals surface area contributed by atoms with E-state index in [0.29, 0.717) is 10.7 Å². The number of aryl methyl sites for hydroxylation is 1. The van der Waals surface area contributed by atoms with Gasteiger partial charge in [0, 0.05) is 0 Å². The van der Waals surface area contributed by atoms with Gasteiger partial charge in [0.2, 0.25) is 5.91 Å². The SMILES string of the molecule is Cc1occc1[S@@](=O)CC(=O)Nc1ccccc1C(F)(F)F. The quantitative estimate of drug-likeness (QED) is 0.935. The Morgan fingerprint density at radius 2 is 1.95 bits per heavy atom. The van der Waals surface area contributed by atoms with Crippen LogP contribution in [-0.4, -0.2) is 15.9 Å². The van der Waals surface area contributed by atoms with Crippen LogP contribution in [0.1, 0.15) is 11.3 Å². The van der Waals surface area contributed by atoms with Crippen LogP contribution in [0.15, 0.2) is 45.9 Å². The van der Waals surface area contributed by atoms with E-state index in [2.05, 4.69) is 5.32 Å². The molecule has 0 aliphatic heterocycles. The second-order valence-electron chi connectivity index (χ2n) is 4.42. The number of alkyl halides is 3. The summed E-state index contributed by atoms with van der Waals surface area (Å²) in [7, 11) is -1.68. The number of para-hydroxylation sites is 1. The molecule has 1 heterocycles. The molecule has 1 aromatic heterocycles. The molecule has 1 amide bonds. The molecule has 0 saturated carbocycles. The summed E-state index contributed by atoms with van der Waals surface area (Å²) in [4.78, 5) is 12.2. The van der Waals surface area contributed by atoms with Gasteiger partial charge in [0.15, 0.2) is 0 Å². The van der Waals surface area contributed by atoms with Crippen LogP contribution < -0.4 is 5.32 Å². The third kappa shape index (κ3) is 3.76. The van der Waals surface area contributed by atoms with Crippen LogP contribution in [0.2, 0.25) is 0 Å². The second-order valence-corrected chi connectivity index (χ2v) is 5.84. The van der Waals surface area contributed by atoms with Crippen LogP contribution in [0.4, 0.5) is 18.9 Å². The first-order chi connectivity index (χ1) is 10.3. The second kappa shape index (κ2) is 6.35. The number of anilines is 1. The lowest BCUT2D eigenvalue weighted by molar-refractivity contribution is -0.137. The van der Waals surface area contributed by atoms with Crippen LogP contribution in [0.5, 0.6) is 0 Å². The number of nitrogens with one attached hydrogen (secondary N) is 1. The average Bonchev–Trinajstić information content (AvgIpc) is 2.84. The van der Waals surface area contributed by atoms with Crippen molar-refractivity contribution in [1.29, 1.82) is 0 Å². The molecule has 0 saturated heterocycles. The number of halogens is 3. The molecule has 0 aliphatic carbocycles. The molecule has 0 unspecified atom stereocenters. The number of rotatable bonds is 4. The van der Waals surface area contributed by atoms with E-state index < -0.39 is 34.2 Å². The Balaban J connectivity index is 2.11. The maximum Gasteiger partial charge on any atom is 0.418 e. The minimum absolute atomic E-state index is 0.347. The van der Waals surface area contributed by atoms with Gasteiger partial charge in [-0.1, -0.05) is 12.1 Å². The Kier molecular flexibility index (Phi) is 4.70. The van der Waals surface area contributed by atoms with Gasteiger partial charge in [0.1, 0.15) is 11.5 Å². The fourth-order valence-corrected chi connectivity index (χ4v) is 2.87. The van der Waals surface area contributed by atoms with Crippen molar-refractivity contribution in [3.63, 3.8) is 0 Å². The highest BCUT2D eigenvalue weighted by Gasteiger charge is 2.33. The highest BCUT2D eigenvalue weighted by Crippen LogP contribution is 2.34. The van der Waals surface area contributed by atoms with Gasteiger partial charge >= 0.3 is 6.18 Å². The van der Waals surface area contributed by atoms with E-state index in [1.165, 1.54) is 24.5 Å². The van der Waals surface area contributed by atoms with E-state index in [1.54, 1.807) is 6.92 Å². The summed E-state index contributed by atoms with van der Waals surface area (Å²) in [5, 5.41) is 2.15. The van der Waals surface area contributed by atoms with Crippen LogP contribution in [0.3, 0.4) is 0 Å². The molecule has 22 heavy (non-hydrogen) atoms. The fraction of sp³-hybridized carbons (Fsp3) is 0.214. The van der Waals surface area contributed by atoms with Crippen molar-refractivity contribution in [3.8, 4) is 0 Å². The van der Waals surface area contributed by atoms with Gasteiger partial charge < -0.3 is 9.73 Å². The van der Waals surface area contributed by atoms with Crippen molar-refractivity contribution in [1.82, 2.24) is 0 Å². The Morgan fingerprint density at radius 3 is 2.55 bits per heavy atom. The van der Waals surface area contributed by atoms with E-state index in [4.69, 9.17) is 4.42 Å². The van der Waals surface area contributed by atoms with Crippen LogP contribution in [0.25, 0.3) is 0 Å². The van der Waals surface area contributed by atoms with E-state index in [0.717, 1.165) is 12.1 Å². The molecule has 2 aromatic rings. The Morgan fingerprint density at radius 1 is 1.27 bits per heavy atom. The summed E-state index contributed by atoms with van der Waals surface area (Å²) in [5.74, 6) is -0.815. The normalized spacial score (nSPS) is 12.9. The standard InChI is InChI=1S/C14H12F3NO3S/c1-9-12(6-7-21-9)22(20)8-13(19)18-11-5-3-2-4-10(11)14(15,16)17/h2-7H,8H2,1H3,(H,18,19)/t22-/m0/s1. The topological polar surface area (TPSA) is 59.3 Å². The van der Waals surface area contributed by atoms with Gasteiger partial charge in [-0.05, 0) is 25.1 Å². The first-order valence-corrected chi connectivity index (χ1v) is 7.49. The van der Waals surface area contributed by atoms with Gasteiger partial charge in [0.25, 0.3) is 0 Å². The summed E-state index contributed by atoms with van der Waals surface area (Å²) in [6, 6.07) is 6.08. The zero-order valence-corrected chi connectivity index (χ0v) is 12.3. The summed E-state index contributed by atoms with van der Waals surface area (Å²) in [6.07, 6.45) is -3.25. The maximum absolute atomic E-state index is 12.8.